The molecule has 10 nitrogen and oxygen atoms in total. The van der Waals surface area contributed by atoms with E-state index in [1.807, 2.05) is 19.9 Å². The maximum Gasteiger partial charge on any atom is 0.280 e. The van der Waals surface area contributed by atoms with E-state index in [1.54, 1.807) is 6.92 Å². The number of aromatic nitrogens is 5. The molecular weight excluding hydrogens is 455 g/mol. The summed E-state index contributed by atoms with van der Waals surface area (Å²) in [5, 5.41) is 13.8. The van der Waals surface area contributed by atoms with Crippen LogP contribution >= 0.6 is 0 Å². The summed E-state index contributed by atoms with van der Waals surface area (Å²) < 4.78 is 35.0. The van der Waals surface area contributed by atoms with Gasteiger partial charge >= 0.3 is 0 Å². The van der Waals surface area contributed by atoms with Crippen molar-refractivity contribution in [2.24, 2.45) is 0 Å². The molecule has 11 heteroatoms. The third-order valence-electron chi connectivity index (χ3n) is 6.94. The highest BCUT2D eigenvalue weighted by atomic mass is 19.1. The summed E-state index contributed by atoms with van der Waals surface area (Å²) in [6.07, 6.45) is 3.98. The van der Waals surface area contributed by atoms with E-state index in [4.69, 9.17) is 14.0 Å². The van der Waals surface area contributed by atoms with Crippen LogP contribution in [0.15, 0.2) is 27.8 Å². The Kier molecular flexibility index (Phi) is 4.65. The first-order chi connectivity index (χ1) is 16.7. The van der Waals surface area contributed by atoms with Crippen molar-refractivity contribution in [2.75, 3.05) is 6.61 Å². The smallest absolute Gasteiger partial charge is 0.280 e. The number of fused-ring (bicyclic) bond motifs is 3. The highest BCUT2D eigenvalue weighted by Crippen LogP contribution is 2.39. The first kappa shape index (κ1) is 21.9. The second-order valence-corrected chi connectivity index (χ2v) is 9.84. The summed E-state index contributed by atoms with van der Waals surface area (Å²) >= 11 is 0. The standard InChI is InChI=1S/C24H23FN6O4/c1-23(2)9-7-16(34-23)21-28-20(29-35-21)17-19-22(32)31(24(3)8-4-10-33-24)18-13(11-26)14(25)5-6-15(18)30(19)12-27-17/h5-6,12,16H,4,7-10H2,1-3H3. The number of hydrogen-bond donors (Lipinski definition) is 0. The van der Waals surface area contributed by atoms with E-state index in [0.29, 0.717) is 24.4 Å². The second kappa shape index (κ2) is 7.44. The van der Waals surface area contributed by atoms with Crippen LogP contribution in [0.3, 0.4) is 0 Å². The van der Waals surface area contributed by atoms with Crippen LogP contribution in [0.1, 0.15) is 64.0 Å². The molecule has 180 valence electrons. The molecule has 0 aliphatic carbocycles. The number of hydrogen-bond acceptors (Lipinski definition) is 8. The second-order valence-electron chi connectivity index (χ2n) is 9.84. The molecule has 2 aliphatic rings. The molecule has 0 radical (unpaired) electrons. The van der Waals surface area contributed by atoms with E-state index < -0.39 is 17.1 Å². The Morgan fingerprint density at radius 3 is 2.74 bits per heavy atom. The molecule has 0 amide bonds. The van der Waals surface area contributed by atoms with Crippen LogP contribution in [0.25, 0.3) is 28.1 Å². The summed E-state index contributed by atoms with van der Waals surface area (Å²) in [6, 6.07) is 4.64. The van der Waals surface area contributed by atoms with E-state index in [2.05, 4.69) is 15.1 Å². The molecule has 2 atom stereocenters. The maximum atomic E-state index is 14.7. The van der Waals surface area contributed by atoms with Crippen molar-refractivity contribution < 1.29 is 18.4 Å². The van der Waals surface area contributed by atoms with Crippen molar-refractivity contribution in [1.82, 2.24) is 24.1 Å². The van der Waals surface area contributed by atoms with Gasteiger partial charge in [-0.3, -0.25) is 13.8 Å². The average Bonchev–Trinajstić information content (AvgIpc) is 3.59. The van der Waals surface area contributed by atoms with Crippen molar-refractivity contribution in [3.8, 4) is 17.6 Å². The van der Waals surface area contributed by atoms with E-state index in [0.717, 1.165) is 19.3 Å². The van der Waals surface area contributed by atoms with E-state index in [9.17, 15) is 14.4 Å². The number of halogens is 1. The molecular formula is C24H23FN6O4. The van der Waals surface area contributed by atoms with Crippen molar-refractivity contribution in [3.63, 3.8) is 0 Å². The van der Waals surface area contributed by atoms with Gasteiger partial charge < -0.3 is 14.0 Å². The van der Waals surface area contributed by atoms with Crippen molar-refractivity contribution >= 4 is 16.6 Å². The van der Waals surface area contributed by atoms with Gasteiger partial charge in [0.25, 0.3) is 11.4 Å². The lowest BCUT2D eigenvalue weighted by molar-refractivity contribution is -0.0448. The molecule has 0 spiro atoms. The summed E-state index contributed by atoms with van der Waals surface area (Å²) in [5.74, 6) is -0.233. The first-order valence-corrected chi connectivity index (χ1v) is 11.5. The van der Waals surface area contributed by atoms with Crippen molar-refractivity contribution in [1.29, 1.82) is 5.26 Å². The quantitative estimate of drug-likeness (QED) is 0.436. The molecule has 1 aromatic carbocycles. The average molecular weight is 478 g/mol. The minimum absolute atomic E-state index is 0.152. The van der Waals surface area contributed by atoms with Crippen LogP contribution in [0.4, 0.5) is 4.39 Å². The Balaban J connectivity index is 1.61. The van der Waals surface area contributed by atoms with Crippen LogP contribution in [-0.2, 0) is 15.2 Å². The molecule has 35 heavy (non-hydrogen) atoms. The first-order valence-electron chi connectivity index (χ1n) is 11.5. The molecule has 4 aromatic rings. The molecule has 0 bridgehead atoms. The third kappa shape index (κ3) is 3.20. The lowest BCUT2D eigenvalue weighted by Gasteiger charge is -2.28. The zero-order valence-corrected chi connectivity index (χ0v) is 19.5. The van der Waals surface area contributed by atoms with Crippen LogP contribution in [0.2, 0.25) is 0 Å². The summed E-state index contributed by atoms with van der Waals surface area (Å²) in [6.45, 7) is 6.23. The Morgan fingerprint density at radius 2 is 2.06 bits per heavy atom. The van der Waals surface area contributed by atoms with Crippen LogP contribution in [-0.4, -0.2) is 36.3 Å². The van der Waals surface area contributed by atoms with E-state index >= 15 is 0 Å². The predicted molar refractivity (Wildman–Crippen MR) is 121 cm³/mol. The number of rotatable bonds is 3. The zero-order chi connectivity index (χ0) is 24.5. The van der Waals surface area contributed by atoms with Gasteiger partial charge in [-0.25, -0.2) is 9.37 Å². The van der Waals surface area contributed by atoms with Gasteiger partial charge in [0.15, 0.2) is 0 Å². The number of imidazole rings is 1. The third-order valence-corrected chi connectivity index (χ3v) is 6.94. The lowest BCUT2D eigenvalue weighted by atomic mass is 10.1. The monoisotopic (exact) mass is 478 g/mol. The Morgan fingerprint density at radius 1 is 1.23 bits per heavy atom. The normalized spacial score (nSPS) is 23.9. The number of benzene rings is 1. The Bertz CT molecular complexity index is 1590. The fourth-order valence-electron chi connectivity index (χ4n) is 5.20. The Labute approximate surface area is 198 Å². The number of ether oxygens (including phenoxy) is 2. The number of nitrogens with zero attached hydrogens (tertiary/aromatic N) is 6. The molecule has 5 heterocycles. The molecule has 2 aliphatic heterocycles. The molecule has 0 saturated carbocycles. The topological polar surface area (TPSA) is 120 Å². The fraction of sp³-hybridized carbons (Fsp3) is 0.458. The van der Waals surface area contributed by atoms with Crippen LogP contribution in [0, 0.1) is 17.1 Å². The van der Waals surface area contributed by atoms with Gasteiger partial charge in [-0.1, -0.05) is 5.16 Å². The molecule has 2 saturated heterocycles. The van der Waals surface area contributed by atoms with Crippen molar-refractivity contribution in [3.05, 3.63) is 46.1 Å². The lowest BCUT2D eigenvalue weighted by Crippen LogP contribution is -2.39. The van der Waals surface area contributed by atoms with Gasteiger partial charge in [0, 0.05) is 6.61 Å². The highest BCUT2D eigenvalue weighted by molar-refractivity contribution is 5.87. The summed E-state index contributed by atoms with van der Waals surface area (Å²) in [7, 11) is 0. The predicted octanol–water partition coefficient (Wildman–Crippen LogP) is 3.82. The van der Waals surface area contributed by atoms with Gasteiger partial charge in [-0.15, -0.1) is 0 Å². The zero-order valence-electron chi connectivity index (χ0n) is 19.5. The summed E-state index contributed by atoms with van der Waals surface area (Å²) in [5.41, 5.74) is -1.03. The summed E-state index contributed by atoms with van der Waals surface area (Å²) in [4.78, 5) is 22.9. The maximum absolute atomic E-state index is 14.7. The van der Waals surface area contributed by atoms with Crippen LogP contribution in [0.5, 0.6) is 0 Å². The molecule has 6 rings (SSSR count). The van der Waals surface area contributed by atoms with Crippen LogP contribution < -0.4 is 5.56 Å². The SMILES string of the molecule is CC1(C)CCC(c2nc(-c3ncn4c3c(=O)n(C3(C)CCCO3)c3c(C#N)c(F)ccc34)no2)O1. The Hall–Kier alpha value is -3.62. The molecule has 0 N–H and O–H groups in total. The van der Waals surface area contributed by atoms with Gasteiger partial charge in [-0.2, -0.15) is 10.2 Å². The number of nitriles is 1. The fourth-order valence-corrected chi connectivity index (χ4v) is 5.20. The van der Waals surface area contributed by atoms with Crippen molar-refractivity contribution in [2.45, 2.75) is 63.9 Å². The minimum Gasteiger partial charge on any atom is -0.363 e. The highest BCUT2D eigenvalue weighted by Gasteiger charge is 2.38. The van der Waals surface area contributed by atoms with Gasteiger partial charge in [0.2, 0.25) is 5.82 Å². The largest absolute Gasteiger partial charge is 0.363 e. The molecule has 3 aromatic heterocycles. The van der Waals surface area contributed by atoms with Gasteiger partial charge in [0.1, 0.15) is 46.8 Å². The van der Waals surface area contributed by atoms with E-state index in [1.165, 1.54) is 27.4 Å². The van der Waals surface area contributed by atoms with Gasteiger partial charge in [-0.05, 0) is 58.6 Å². The molecule has 2 unspecified atom stereocenters. The minimum atomic E-state index is -1.05. The molecule has 2 fully saturated rings. The van der Waals surface area contributed by atoms with Gasteiger partial charge in [0.05, 0.1) is 16.6 Å². The van der Waals surface area contributed by atoms with E-state index in [-0.39, 0.29) is 39.8 Å².